The Labute approximate surface area is 195 Å². The summed E-state index contributed by atoms with van der Waals surface area (Å²) in [5, 5.41) is 3.37. The number of carbonyl (C=O) groups is 1. The predicted molar refractivity (Wildman–Crippen MR) is 120 cm³/mol. The van der Waals surface area contributed by atoms with Gasteiger partial charge in [0, 0.05) is 24.7 Å². The third-order valence-electron chi connectivity index (χ3n) is 4.79. The maximum Gasteiger partial charge on any atom is 0.416 e. The Morgan fingerprint density at radius 1 is 1.09 bits per heavy atom. The number of amides is 1. The van der Waals surface area contributed by atoms with Crippen molar-refractivity contribution in [3.05, 3.63) is 88.1 Å². The molecule has 1 aromatic heterocycles. The Bertz CT molecular complexity index is 1070. The lowest BCUT2D eigenvalue weighted by molar-refractivity contribution is -0.137. The number of halogens is 4. The van der Waals surface area contributed by atoms with Crippen LogP contribution in [0.5, 0.6) is 0 Å². The van der Waals surface area contributed by atoms with E-state index in [4.69, 9.17) is 16.0 Å². The molecule has 3 rings (SSSR count). The average molecular weight is 480 g/mol. The molecule has 0 saturated carbocycles. The van der Waals surface area contributed by atoms with Gasteiger partial charge < -0.3 is 9.73 Å². The van der Waals surface area contributed by atoms with Gasteiger partial charge in [-0.25, -0.2) is 4.98 Å². The van der Waals surface area contributed by atoms with E-state index in [0.29, 0.717) is 35.5 Å². The highest BCUT2D eigenvalue weighted by Crippen LogP contribution is 2.30. The summed E-state index contributed by atoms with van der Waals surface area (Å²) in [6.07, 6.45) is -3.13. The van der Waals surface area contributed by atoms with Gasteiger partial charge in [-0.1, -0.05) is 55.8 Å². The fourth-order valence-electron chi connectivity index (χ4n) is 3.19. The van der Waals surface area contributed by atoms with Crippen LogP contribution in [0.15, 0.2) is 59.2 Å². The van der Waals surface area contributed by atoms with E-state index in [-0.39, 0.29) is 24.7 Å². The zero-order chi connectivity index (χ0) is 24.0. The quantitative estimate of drug-likeness (QED) is 0.413. The van der Waals surface area contributed by atoms with Gasteiger partial charge in [-0.05, 0) is 35.2 Å². The number of nitrogens with zero attached hydrogens (tertiary/aromatic N) is 2. The molecule has 5 nitrogen and oxygen atoms in total. The first-order valence-electron chi connectivity index (χ1n) is 10.5. The van der Waals surface area contributed by atoms with Gasteiger partial charge in [0.1, 0.15) is 6.26 Å². The number of hydrogen-bond donors (Lipinski definition) is 1. The van der Waals surface area contributed by atoms with E-state index in [1.165, 1.54) is 12.3 Å². The Hall–Kier alpha value is -2.84. The van der Waals surface area contributed by atoms with Crippen molar-refractivity contribution in [1.29, 1.82) is 0 Å². The molecule has 0 atom stereocenters. The first kappa shape index (κ1) is 24.8. The number of alkyl halides is 3. The molecule has 0 saturated heterocycles. The van der Waals surface area contributed by atoms with Crippen LogP contribution in [0.2, 0.25) is 5.02 Å². The van der Waals surface area contributed by atoms with Crippen LogP contribution in [0.4, 0.5) is 13.2 Å². The van der Waals surface area contributed by atoms with Crippen LogP contribution < -0.4 is 5.32 Å². The predicted octanol–water partition coefficient (Wildman–Crippen LogP) is 5.94. The Morgan fingerprint density at radius 3 is 2.45 bits per heavy atom. The summed E-state index contributed by atoms with van der Waals surface area (Å²) in [4.78, 5) is 18.4. The number of aromatic nitrogens is 1. The maximum atomic E-state index is 13.1. The summed E-state index contributed by atoms with van der Waals surface area (Å²) in [5.74, 6) is 0.258. The van der Waals surface area contributed by atoms with E-state index >= 15 is 0 Å². The second-order valence-electron chi connectivity index (χ2n) is 8.20. The molecular formula is C24H25ClF3N3O2. The van der Waals surface area contributed by atoms with Crippen LogP contribution in [0, 0.1) is 5.92 Å². The van der Waals surface area contributed by atoms with E-state index in [1.807, 2.05) is 30.9 Å². The molecule has 0 unspecified atom stereocenters. The molecule has 0 bridgehead atoms. The van der Waals surface area contributed by atoms with Crippen molar-refractivity contribution in [2.24, 2.45) is 5.92 Å². The number of benzene rings is 2. The number of nitrogens with one attached hydrogen (secondary N) is 1. The summed E-state index contributed by atoms with van der Waals surface area (Å²) in [6, 6.07) is 12.4. The standard InChI is InChI=1S/C24H25ClF3N3O2/c1-16(2)11-29-23(32)21-15-33-22(30-21)14-31(12-17-6-8-20(25)9-7-17)13-18-4-3-5-19(10-18)24(26,27)28/h3-10,15-16H,11-14H2,1-2H3,(H,29,32). The molecule has 33 heavy (non-hydrogen) atoms. The van der Waals surface area contributed by atoms with Crippen LogP contribution in [0.25, 0.3) is 0 Å². The molecule has 3 aromatic rings. The molecule has 1 heterocycles. The highest BCUT2D eigenvalue weighted by Gasteiger charge is 2.30. The van der Waals surface area contributed by atoms with Gasteiger partial charge in [0.25, 0.3) is 5.91 Å². The third kappa shape index (κ3) is 7.61. The molecule has 0 aliphatic heterocycles. The third-order valence-corrected chi connectivity index (χ3v) is 5.05. The minimum Gasteiger partial charge on any atom is -0.447 e. The second kappa shape index (κ2) is 10.9. The average Bonchev–Trinajstić information content (AvgIpc) is 3.22. The minimum atomic E-state index is -4.42. The SMILES string of the molecule is CC(C)CNC(=O)c1coc(CN(Cc2ccc(Cl)cc2)Cc2cccc(C(F)(F)F)c2)n1. The zero-order valence-electron chi connectivity index (χ0n) is 18.3. The summed E-state index contributed by atoms with van der Waals surface area (Å²) >= 11 is 5.96. The number of oxazole rings is 1. The molecule has 9 heteroatoms. The smallest absolute Gasteiger partial charge is 0.416 e. The summed E-state index contributed by atoms with van der Waals surface area (Å²) in [6.45, 7) is 5.33. The van der Waals surface area contributed by atoms with E-state index in [1.54, 1.807) is 18.2 Å². The van der Waals surface area contributed by atoms with Crippen molar-refractivity contribution < 1.29 is 22.4 Å². The monoisotopic (exact) mass is 479 g/mol. The van der Waals surface area contributed by atoms with E-state index in [2.05, 4.69) is 10.3 Å². The molecule has 0 spiro atoms. The molecule has 0 aliphatic rings. The Balaban J connectivity index is 1.78. The van der Waals surface area contributed by atoms with E-state index in [0.717, 1.165) is 17.7 Å². The van der Waals surface area contributed by atoms with Crippen molar-refractivity contribution in [2.45, 2.75) is 39.7 Å². The van der Waals surface area contributed by atoms with E-state index < -0.39 is 11.7 Å². The highest BCUT2D eigenvalue weighted by atomic mass is 35.5. The lowest BCUT2D eigenvalue weighted by atomic mass is 10.1. The number of hydrogen-bond acceptors (Lipinski definition) is 4. The van der Waals surface area contributed by atoms with Gasteiger partial charge in [-0.15, -0.1) is 0 Å². The first-order valence-corrected chi connectivity index (χ1v) is 10.8. The van der Waals surface area contributed by atoms with Crippen LogP contribution in [0.1, 0.15) is 46.9 Å². The minimum absolute atomic E-state index is 0.163. The second-order valence-corrected chi connectivity index (χ2v) is 8.64. The van der Waals surface area contributed by atoms with Gasteiger partial charge in [-0.2, -0.15) is 13.2 Å². The van der Waals surface area contributed by atoms with E-state index in [9.17, 15) is 18.0 Å². The molecule has 1 N–H and O–H groups in total. The van der Waals surface area contributed by atoms with Gasteiger partial charge in [-0.3, -0.25) is 9.69 Å². The highest BCUT2D eigenvalue weighted by molar-refractivity contribution is 6.30. The molecular weight excluding hydrogens is 455 g/mol. The van der Waals surface area contributed by atoms with Gasteiger partial charge in [0.2, 0.25) is 5.89 Å². The van der Waals surface area contributed by atoms with Crippen LogP contribution >= 0.6 is 11.6 Å². The largest absolute Gasteiger partial charge is 0.447 e. The lowest BCUT2D eigenvalue weighted by Gasteiger charge is -2.21. The molecule has 2 aromatic carbocycles. The van der Waals surface area contributed by atoms with Crippen LogP contribution in [-0.2, 0) is 25.8 Å². The van der Waals surface area contributed by atoms with Gasteiger partial charge in [0.05, 0.1) is 12.1 Å². The van der Waals surface area contributed by atoms with Gasteiger partial charge >= 0.3 is 6.18 Å². The number of carbonyl (C=O) groups excluding carboxylic acids is 1. The normalized spacial score (nSPS) is 11.9. The van der Waals surface area contributed by atoms with Crippen molar-refractivity contribution >= 4 is 17.5 Å². The summed E-state index contributed by atoms with van der Waals surface area (Å²) < 4.78 is 44.9. The lowest BCUT2D eigenvalue weighted by Crippen LogP contribution is -2.27. The fraction of sp³-hybridized carbons (Fsp3) is 0.333. The van der Waals surface area contributed by atoms with Crippen molar-refractivity contribution in [1.82, 2.24) is 15.2 Å². The molecule has 0 radical (unpaired) electrons. The molecule has 1 amide bonds. The van der Waals surface area contributed by atoms with Crippen molar-refractivity contribution in [3.8, 4) is 0 Å². The Kier molecular flexibility index (Phi) is 8.15. The van der Waals surface area contributed by atoms with Crippen LogP contribution in [0.3, 0.4) is 0 Å². The molecule has 0 fully saturated rings. The zero-order valence-corrected chi connectivity index (χ0v) is 19.1. The maximum absolute atomic E-state index is 13.1. The first-order chi connectivity index (χ1) is 15.6. The Morgan fingerprint density at radius 2 is 1.79 bits per heavy atom. The van der Waals surface area contributed by atoms with Crippen molar-refractivity contribution in [3.63, 3.8) is 0 Å². The summed E-state index contributed by atoms with van der Waals surface area (Å²) in [5.41, 5.74) is 0.885. The topological polar surface area (TPSA) is 58.4 Å². The molecule has 176 valence electrons. The summed E-state index contributed by atoms with van der Waals surface area (Å²) in [7, 11) is 0. The van der Waals surface area contributed by atoms with Gasteiger partial charge in [0.15, 0.2) is 5.69 Å². The molecule has 0 aliphatic carbocycles. The van der Waals surface area contributed by atoms with Crippen LogP contribution in [-0.4, -0.2) is 22.3 Å². The fourth-order valence-corrected chi connectivity index (χ4v) is 3.31. The van der Waals surface area contributed by atoms with Crippen molar-refractivity contribution in [2.75, 3.05) is 6.54 Å². The number of rotatable bonds is 9.